The van der Waals surface area contributed by atoms with Crippen molar-refractivity contribution >= 4 is 17.2 Å². The van der Waals surface area contributed by atoms with Crippen LogP contribution in [0.1, 0.15) is 16.8 Å². The van der Waals surface area contributed by atoms with Crippen LogP contribution in [0.2, 0.25) is 0 Å². The van der Waals surface area contributed by atoms with E-state index in [-0.39, 0.29) is 5.69 Å². The number of rotatable bonds is 3. The van der Waals surface area contributed by atoms with Crippen LogP contribution in [0.3, 0.4) is 0 Å². The smallest absolute Gasteiger partial charge is 0.138 e. The Bertz CT molecular complexity index is 423. The molecule has 1 aromatic heterocycles. The summed E-state index contributed by atoms with van der Waals surface area (Å²) >= 11 is 1.06. The number of hydrogen-bond donors (Lipinski definition) is 4. The van der Waals surface area contributed by atoms with Crippen LogP contribution in [0.15, 0.2) is 5.38 Å². The first kappa shape index (κ1) is 12.4. The lowest BCUT2D eigenvalue weighted by Gasteiger charge is -2.11. The van der Waals surface area contributed by atoms with Gasteiger partial charge in [-0.2, -0.15) is 0 Å². The molecule has 8 heteroatoms. The molecule has 0 amide bonds. The first-order valence-corrected chi connectivity index (χ1v) is 5.76. The summed E-state index contributed by atoms with van der Waals surface area (Å²) in [5, 5.41) is 47.5. The summed E-state index contributed by atoms with van der Waals surface area (Å²) in [5.74, 6) is -0.917. The number of ether oxygens (including phenoxy) is 1. The molecular weight excluding hydrogens is 248 g/mol. The Balaban J connectivity index is 2.19. The van der Waals surface area contributed by atoms with E-state index in [2.05, 4.69) is 4.98 Å². The van der Waals surface area contributed by atoms with Gasteiger partial charge in [-0.15, -0.1) is 11.3 Å². The third kappa shape index (κ3) is 2.17. The van der Waals surface area contributed by atoms with Gasteiger partial charge in [0.15, 0.2) is 0 Å². The first-order valence-electron chi connectivity index (χ1n) is 4.88. The predicted octanol–water partition coefficient (Wildman–Crippen LogP) is -2.02. The lowest BCUT2D eigenvalue weighted by Crippen LogP contribution is -2.32. The van der Waals surface area contributed by atoms with Crippen LogP contribution in [0.5, 0.6) is 0 Å². The molecule has 0 spiro atoms. The van der Waals surface area contributed by atoms with Crippen molar-refractivity contribution in [1.82, 2.24) is 4.98 Å². The van der Waals surface area contributed by atoms with Crippen molar-refractivity contribution in [3.05, 3.63) is 16.1 Å². The largest absolute Gasteiger partial charge is 0.858 e. The average Bonchev–Trinajstić information content (AvgIpc) is 2.87. The molecular formula is C9H11N2O5S-. The number of nitrogens with zero attached hydrogens (tertiary/aromatic N) is 1. The van der Waals surface area contributed by atoms with Gasteiger partial charge in [-0.25, -0.2) is 4.98 Å². The second-order valence-corrected chi connectivity index (χ2v) is 4.55. The first-order chi connectivity index (χ1) is 8.04. The molecule has 1 aromatic rings. The quantitative estimate of drug-likeness (QED) is 0.366. The Kier molecular flexibility index (Phi) is 3.40. The second kappa shape index (κ2) is 4.67. The maximum atomic E-state index is 10.8. The van der Waals surface area contributed by atoms with E-state index in [0.29, 0.717) is 5.01 Å². The van der Waals surface area contributed by atoms with E-state index in [9.17, 15) is 15.3 Å². The molecule has 0 bridgehead atoms. The summed E-state index contributed by atoms with van der Waals surface area (Å²) in [7, 11) is 0. The monoisotopic (exact) mass is 259 g/mol. The third-order valence-electron chi connectivity index (χ3n) is 2.54. The fraction of sp³-hybridized carbons (Fsp3) is 0.556. The molecule has 17 heavy (non-hydrogen) atoms. The van der Waals surface area contributed by atoms with E-state index < -0.39 is 36.9 Å². The zero-order valence-electron chi connectivity index (χ0n) is 8.61. The average molecular weight is 259 g/mol. The van der Waals surface area contributed by atoms with Crippen LogP contribution in [0, 0.1) is 5.41 Å². The second-order valence-electron chi connectivity index (χ2n) is 3.66. The maximum Gasteiger partial charge on any atom is 0.138 e. The van der Waals surface area contributed by atoms with Gasteiger partial charge in [0, 0.05) is 11.3 Å². The Labute approximate surface area is 100 Å². The normalized spacial score (nSPS) is 32.9. The Morgan fingerprint density at radius 1 is 1.53 bits per heavy atom. The standard InChI is InChI=1S/C9H12N2O5S/c10-8(15)3-2-17-9(11-3)7-6(14)5(13)4(1-12)16-7/h2,4-7,12-14H,1H2,(H2,10,15)/p-1/t4-,5-,6-,7-/m1/s1. The van der Waals surface area contributed by atoms with Crippen LogP contribution in [0.25, 0.3) is 0 Å². The van der Waals surface area contributed by atoms with E-state index in [1.165, 1.54) is 5.38 Å². The summed E-state index contributed by atoms with van der Waals surface area (Å²) in [6, 6.07) is 0. The SMILES string of the molecule is N=C([O-])c1csc([C@@H]2O[C@H](CO)[C@@H](O)[C@H]2O)n1. The molecule has 1 aliphatic heterocycles. The number of thiazole rings is 1. The molecule has 0 unspecified atom stereocenters. The number of hydrogen-bond acceptors (Lipinski definition) is 8. The molecule has 4 N–H and O–H groups in total. The summed E-state index contributed by atoms with van der Waals surface area (Å²) in [4.78, 5) is 3.85. The zero-order valence-corrected chi connectivity index (χ0v) is 9.42. The highest BCUT2D eigenvalue weighted by atomic mass is 32.1. The highest BCUT2D eigenvalue weighted by Crippen LogP contribution is 2.34. The summed E-state index contributed by atoms with van der Waals surface area (Å²) in [5.41, 5.74) is -0.0252. The Morgan fingerprint density at radius 3 is 2.71 bits per heavy atom. The van der Waals surface area contributed by atoms with Crippen molar-refractivity contribution < 1.29 is 25.2 Å². The molecule has 0 radical (unpaired) electrons. The van der Waals surface area contributed by atoms with Crippen molar-refractivity contribution in [2.75, 3.05) is 6.61 Å². The van der Waals surface area contributed by atoms with E-state index in [0.717, 1.165) is 11.3 Å². The number of aliphatic hydroxyl groups is 3. The molecule has 1 fully saturated rings. The van der Waals surface area contributed by atoms with Gasteiger partial charge in [0.2, 0.25) is 0 Å². The highest BCUT2D eigenvalue weighted by Gasteiger charge is 2.44. The van der Waals surface area contributed by atoms with Gasteiger partial charge in [0.1, 0.15) is 29.4 Å². The molecule has 0 aliphatic carbocycles. The molecule has 94 valence electrons. The van der Waals surface area contributed by atoms with Crippen molar-refractivity contribution in [2.45, 2.75) is 24.4 Å². The van der Waals surface area contributed by atoms with Crippen LogP contribution in [-0.2, 0) is 4.74 Å². The van der Waals surface area contributed by atoms with E-state index in [4.69, 9.17) is 15.3 Å². The molecule has 1 saturated heterocycles. The van der Waals surface area contributed by atoms with Crippen LogP contribution in [0.4, 0.5) is 0 Å². The minimum atomic E-state index is -1.20. The molecule has 4 atom stereocenters. The van der Waals surface area contributed by atoms with Gasteiger partial charge in [0.05, 0.1) is 12.3 Å². The lowest BCUT2D eigenvalue weighted by molar-refractivity contribution is -0.214. The number of aromatic nitrogens is 1. The van der Waals surface area contributed by atoms with Crippen LogP contribution in [-0.4, -0.2) is 51.1 Å². The predicted molar refractivity (Wildman–Crippen MR) is 55.7 cm³/mol. The van der Waals surface area contributed by atoms with Gasteiger partial charge in [0.25, 0.3) is 0 Å². The molecule has 7 nitrogen and oxygen atoms in total. The topological polar surface area (TPSA) is 130 Å². The highest BCUT2D eigenvalue weighted by molar-refractivity contribution is 7.09. The van der Waals surface area contributed by atoms with E-state index >= 15 is 0 Å². The summed E-state index contributed by atoms with van der Waals surface area (Å²) in [6.07, 6.45) is -4.13. The summed E-state index contributed by atoms with van der Waals surface area (Å²) < 4.78 is 5.24. The van der Waals surface area contributed by atoms with Crippen molar-refractivity contribution in [3.8, 4) is 0 Å². The molecule has 0 aromatic carbocycles. The van der Waals surface area contributed by atoms with Gasteiger partial charge in [-0.3, -0.25) is 0 Å². The summed E-state index contributed by atoms with van der Waals surface area (Å²) in [6.45, 7) is -0.412. The van der Waals surface area contributed by atoms with Gasteiger partial charge >= 0.3 is 0 Å². The van der Waals surface area contributed by atoms with Crippen molar-refractivity contribution in [1.29, 1.82) is 5.41 Å². The minimum Gasteiger partial charge on any atom is -0.858 e. The fourth-order valence-electron chi connectivity index (χ4n) is 1.63. The van der Waals surface area contributed by atoms with Gasteiger partial charge in [-0.05, 0) is 0 Å². The zero-order chi connectivity index (χ0) is 12.6. The number of nitrogens with one attached hydrogen (secondary N) is 1. The van der Waals surface area contributed by atoms with Gasteiger partial charge in [-0.1, -0.05) is 0 Å². The molecule has 2 heterocycles. The van der Waals surface area contributed by atoms with Crippen molar-refractivity contribution in [2.24, 2.45) is 0 Å². The maximum absolute atomic E-state index is 10.8. The van der Waals surface area contributed by atoms with Crippen LogP contribution < -0.4 is 5.11 Å². The Morgan fingerprint density at radius 2 is 2.24 bits per heavy atom. The van der Waals surface area contributed by atoms with Gasteiger partial charge < -0.3 is 30.6 Å². The lowest BCUT2D eigenvalue weighted by atomic mass is 10.1. The third-order valence-corrected chi connectivity index (χ3v) is 3.45. The number of aliphatic hydroxyl groups excluding tert-OH is 3. The Hall–Kier alpha value is -1.06. The van der Waals surface area contributed by atoms with E-state index in [1.54, 1.807) is 0 Å². The molecule has 2 rings (SSSR count). The minimum absolute atomic E-state index is 0.0252. The van der Waals surface area contributed by atoms with Crippen LogP contribution >= 0.6 is 11.3 Å². The fourth-order valence-corrected chi connectivity index (χ4v) is 2.50. The van der Waals surface area contributed by atoms with E-state index in [1.807, 2.05) is 0 Å². The molecule has 1 aliphatic rings. The van der Waals surface area contributed by atoms with Crippen molar-refractivity contribution in [3.63, 3.8) is 0 Å². The molecule has 0 saturated carbocycles.